The minimum atomic E-state index is -0.644. The Hall–Kier alpha value is -1.59. The van der Waals surface area contributed by atoms with Crippen LogP contribution >= 0.6 is 0 Å². The second-order valence-corrected chi connectivity index (χ2v) is 5.93. The number of rotatable bonds is 8. The van der Waals surface area contributed by atoms with Gasteiger partial charge in [-0.15, -0.1) is 0 Å². The molecular weight excluding hydrogens is 270 g/mol. The zero-order valence-electron chi connectivity index (χ0n) is 14.0. The van der Waals surface area contributed by atoms with Crippen LogP contribution in [0.2, 0.25) is 0 Å². The Morgan fingerprint density at radius 1 is 1.05 bits per heavy atom. The molecule has 0 bridgehead atoms. The molecule has 0 saturated carbocycles. The molecule has 0 fully saturated rings. The zero-order chi connectivity index (χ0) is 16.7. The fourth-order valence-electron chi connectivity index (χ4n) is 2.13. The summed E-state index contributed by atoms with van der Waals surface area (Å²) in [5, 5.41) is 0. The van der Waals surface area contributed by atoms with Gasteiger partial charge in [-0.3, -0.25) is 14.4 Å². The van der Waals surface area contributed by atoms with Crippen LogP contribution in [0.25, 0.3) is 0 Å². The van der Waals surface area contributed by atoms with Gasteiger partial charge >= 0.3 is 0 Å². The predicted octanol–water partition coefficient (Wildman–Crippen LogP) is 0.992. The van der Waals surface area contributed by atoms with E-state index in [0.717, 1.165) is 6.42 Å². The summed E-state index contributed by atoms with van der Waals surface area (Å²) in [5.74, 6) is -0.626. The number of amides is 3. The predicted molar refractivity (Wildman–Crippen MR) is 82.3 cm³/mol. The van der Waals surface area contributed by atoms with Gasteiger partial charge in [0.2, 0.25) is 17.7 Å². The van der Waals surface area contributed by atoms with Crippen LogP contribution in [0.4, 0.5) is 0 Å². The van der Waals surface area contributed by atoms with E-state index in [1.807, 2.05) is 20.8 Å². The molecule has 0 aromatic heterocycles. The third-order valence-corrected chi connectivity index (χ3v) is 3.63. The molecule has 0 spiro atoms. The normalized spacial score (nSPS) is 13.7. The second kappa shape index (κ2) is 8.64. The van der Waals surface area contributed by atoms with Gasteiger partial charge in [-0.2, -0.15) is 0 Å². The van der Waals surface area contributed by atoms with Crippen molar-refractivity contribution in [3.63, 3.8) is 0 Å². The van der Waals surface area contributed by atoms with Crippen molar-refractivity contribution in [1.29, 1.82) is 0 Å². The number of nitrogens with zero attached hydrogens (tertiary/aromatic N) is 2. The van der Waals surface area contributed by atoms with Gasteiger partial charge in [-0.25, -0.2) is 0 Å². The first-order valence-corrected chi connectivity index (χ1v) is 7.45. The molecule has 0 aromatic rings. The SMILES string of the molecule is CCCC(=O)N(C)[C@H](C)C(=O)N(C)C(CC(C)C)C(N)=O. The lowest BCUT2D eigenvalue weighted by Gasteiger charge is -2.32. The van der Waals surface area contributed by atoms with E-state index in [1.165, 1.54) is 9.80 Å². The molecule has 6 nitrogen and oxygen atoms in total. The third-order valence-electron chi connectivity index (χ3n) is 3.63. The maximum Gasteiger partial charge on any atom is 0.245 e. The molecule has 1 unspecified atom stereocenters. The molecule has 0 rings (SSSR count). The summed E-state index contributed by atoms with van der Waals surface area (Å²) in [4.78, 5) is 38.6. The largest absolute Gasteiger partial charge is 0.368 e. The van der Waals surface area contributed by atoms with Gasteiger partial charge < -0.3 is 15.5 Å². The highest BCUT2D eigenvalue weighted by molar-refractivity contribution is 5.91. The average molecular weight is 299 g/mol. The Labute approximate surface area is 127 Å². The molecular formula is C15H29N3O3. The molecule has 0 heterocycles. The summed E-state index contributed by atoms with van der Waals surface area (Å²) in [5.41, 5.74) is 5.39. The van der Waals surface area contributed by atoms with Crippen LogP contribution in [-0.4, -0.2) is 53.7 Å². The summed E-state index contributed by atoms with van der Waals surface area (Å²) in [6, 6.07) is -1.25. The van der Waals surface area contributed by atoms with Gasteiger partial charge in [-0.05, 0) is 25.7 Å². The van der Waals surface area contributed by atoms with Crippen LogP contribution in [0.5, 0.6) is 0 Å². The number of likely N-dealkylation sites (N-methyl/N-ethyl adjacent to an activating group) is 2. The number of nitrogens with two attached hydrogens (primary N) is 1. The number of primary amides is 1. The topological polar surface area (TPSA) is 83.7 Å². The van der Waals surface area contributed by atoms with Crippen LogP contribution in [-0.2, 0) is 14.4 Å². The minimum absolute atomic E-state index is 0.0776. The molecule has 21 heavy (non-hydrogen) atoms. The molecule has 0 saturated heterocycles. The van der Waals surface area contributed by atoms with Crippen LogP contribution in [0.3, 0.4) is 0 Å². The number of hydrogen-bond donors (Lipinski definition) is 1. The molecule has 3 amide bonds. The number of carbonyl (C=O) groups is 3. The maximum atomic E-state index is 12.4. The first-order valence-electron chi connectivity index (χ1n) is 7.45. The standard InChI is InChI=1S/C15H29N3O3/c1-7-8-13(19)17(5)11(4)15(21)18(6)12(14(16)20)9-10(2)3/h10-12H,7-9H2,1-6H3,(H2,16,20)/t11-,12?/m1/s1. The van der Waals surface area contributed by atoms with Gasteiger partial charge in [0.25, 0.3) is 0 Å². The van der Waals surface area contributed by atoms with Crippen molar-refractivity contribution in [3.8, 4) is 0 Å². The average Bonchev–Trinajstić information content (AvgIpc) is 2.41. The van der Waals surface area contributed by atoms with E-state index in [0.29, 0.717) is 12.8 Å². The number of carbonyl (C=O) groups excluding carboxylic acids is 3. The number of hydrogen-bond acceptors (Lipinski definition) is 3. The van der Waals surface area contributed by atoms with E-state index >= 15 is 0 Å². The minimum Gasteiger partial charge on any atom is -0.368 e. The monoisotopic (exact) mass is 299 g/mol. The van der Waals surface area contributed by atoms with Crippen LogP contribution < -0.4 is 5.73 Å². The van der Waals surface area contributed by atoms with Gasteiger partial charge in [0, 0.05) is 20.5 Å². The first-order chi connectivity index (χ1) is 9.63. The van der Waals surface area contributed by atoms with Gasteiger partial charge in [0.05, 0.1) is 0 Å². The Morgan fingerprint density at radius 2 is 1.57 bits per heavy atom. The van der Waals surface area contributed by atoms with E-state index in [1.54, 1.807) is 21.0 Å². The summed E-state index contributed by atoms with van der Waals surface area (Å²) >= 11 is 0. The molecule has 2 N–H and O–H groups in total. The summed E-state index contributed by atoms with van der Waals surface area (Å²) in [7, 11) is 3.17. The van der Waals surface area contributed by atoms with E-state index < -0.39 is 18.0 Å². The lowest BCUT2D eigenvalue weighted by atomic mass is 10.0. The molecule has 0 radical (unpaired) electrons. The smallest absolute Gasteiger partial charge is 0.245 e. The fourth-order valence-corrected chi connectivity index (χ4v) is 2.13. The maximum absolute atomic E-state index is 12.4. The van der Waals surface area contributed by atoms with Crippen LogP contribution in [0, 0.1) is 5.92 Å². The Morgan fingerprint density at radius 3 is 1.95 bits per heavy atom. The lowest BCUT2D eigenvalue weighted by molar-refractivity contribution is -0.146. The molecule has 0 aliphatic heterocycles. The van der Waals surface area contributed by atoms with E-state index in [-0.39, 0.29) is 17.7 Å². The highest BCUT2D eigenvalue weighted by Crippen LogP contribution is 2.13. The van der Waals surface area contributed by atoms with Crippen molar-refractivity contribution in [2.45, 2.75) is 59.0 Å². The molecule has 0 aromatic carbocycles. The van der Waals surface area contributed by atoms with E-state index in [4.69, 9.17) is 5.73 Å². The summed E-state index contributed by atoms with van der Waals surface area (Å²) in [6.45, 7) is 7.51. The van der Waals surface area contributed by atoms with Crippen molar-refractivity contribution < 1.29 is 14.4 Å². The van der Waals surface area contributed by atoms with E-state index in [2.05, 4.69) is 0 Å². The molecule has 2 atom stereocenters. The van der Waals surface area contributed by atoms with Crippen molar-refractivity contribution in [1.82, 2.24) is 9.80 Å². The zero-order valence-corrected chi connectivity index (χ0v) is 14.0. The lowest BCUT2D eigenvalue weighted by Crippen LogP contribution is -2.53. The van der Waals surface area contributed by atoms with Crippen molar-refractivity contribution in [2.24, 2.45) is 11.7 Å². The first kappa shape index (κ1) is 19.4. The quantitative estimate of drug-likeness (QED) is 0.725. The van der Waals surface area contributed by atoms with Crippen molar-refractivity contribution in [2.75, 3.05) is 14.1 Å². The van der Waals surface area contributed by atoms with Crippen LogP contribution in [0.1, 0.15) is 47.0 Å². The Balaban J connectivity index is 4.94. The summed E-state index contributed by atoms with van der Waals surface area (Å²) in [6.07, 6.45) is 1.65. The van der Waals surface area contributed by atoms with Gasteiger partial charge in [0.1, 0.15) is 12.1 Å². The van der Waals surface area contributed by atoms with Gasteiger partial charge in [-0.1, -0.05) is 20.8 Å². The highest BCUT2D eigenvalue weighted by Gasteiger charge is 2.31. The Kier molecular flexibility index (Phi) is 7.99. The second-order valence-electron chi connectivity index (χ2n) is 5.93. The fraction of sp³-hybridized carbons (Fsp3) is 0.800. The molecule has 6 heteroatoms. The van der Waals surface area contributed by atoms with Crippen LogP contribution in [0.15, 0.2) is 0 Å². The van der Waals surface area contributed by atoms with E-state index in [9.17, 15) is 14.4 Å². The molecule has 0 aliphatic rings. The van der Waals surface area contributed by atoms with Crippen molar-refractivity contribution in [3.05, 3.63) is 0 Å². The van der Waals surface area contributed by atoms with Gasteiger partial charge in [0.15, 0.2) is 0 Å². The highest BCUT2D eigenvalue weighted by atomic mass is 16.2. The Bertz CT molecular complexity index is 382. The molecule has 0 aliphatic carbocycles. The van der Waals surface area contributed by atoms with Crippen molar-refractivity contribution >= 4 is 17.7 Å². The summed E-state index contributed by atoms with van der Waals surface area (Å²) < 4.78 is 0. The molecule has 122 valence electrons. The third kappa shape index (κ3) is 5.73.